The molecule has 3 rings (SSSR count). The maximum Gasteiger partial charge on any atom is 0.325 e. The topological polar surface area (TPSA) is 78.5 Å². The van der Waals surface area contributed by atoms with Crippen LogP contribution in [0.2, 0.25) is 0 Å². The number of rotatable bonds is 8. The van der Waals surface area contributed by atoms with Crippen LogP contribution in [0, 0.1) is 0 Å². The molecule has 0 saturated carbocycles. The van der Waals surface area contributed by atoms with Gasteiger partial charge < -0.3 is 10.6 Å². The lowest BCUT2D eigenvalue weighted by Crippen LogP contribution is -2.41. The zero-order chi connectivity index (χ0) is 19.1. The van der Waals surface area contributed by atoms with E-state index in [2.05, 4.69) is 10.6 Å². The summed E-state index contributed by atoms with van der Waals surface area (Å²) in [6, 6.07) is 18.5. The van der Waals surface area contributed by atoms with Crippen molar-refractivity contribution in [1.29, 1.82) is 0 Å². The lowest BCUT2D eigenvalue weighted by Gasteiger charge is -2.13. The van der Waals surface area contributed by atoms with Gasteiger partial charge in [-0.05, 0) is 30.4 Å². The molecule has 0 bridgehead atoms. The lowest BCUT2D eigenvalue weighted by atomic mass is 10.1. The van der Waals surface area contributed by atoms with E-state index in [9.17, 15) is 14.4 Å². The molecule has 2 aromatic rings. The summed E-state index contributed by atoms with van der Waals surface area (Å²) in [7, 11) is 0. The van der Waals surface area contributed by atoms with Gasteiger partial charge in [0.2, 0.25) is 5.91 Å². The second-order valence-corrected chi connectivity index (χ2v) is 6.54. The van der Waals surface area contributed by atoms with Crippen LogP contribution >= 0.6 is 0 Å². The van der Waals surface area contributed by atoms with Gasteiger partial charge >= 0.3 is 6.03 Å². The van der Waals surface area contributed by atoms with Crippen molar-refractivity contribution in [3.8, 4) is 0 Å². The molecule has 4 amide bonds. The minimum absolute atomic E-state index is 0.249. The Bertz CT molecular complexity index is 793. The molecule has 0 aliphatic carbocycles. The molecule has 2 aromatic carbocycles. The number of nitrogens with one attached hydrogen (secondary N) is 2. The van der Waals surface area contributed by atoms with Gasteiger partial charge in [0.25, 0.3) is 5.91 Å². The van der Waals surface area contributed by atoms with Crippen molar-refractivity contribution in [1.82, 2.24) is 15.5 Å². The normalized spacial score (nSPS) is 16.3. The molecule has 0 aromatic heterocycles. The summed E-state index contributed by atoms with van der Waals surface area (Å²) in [6.45, 7) is 0.214. The number of hydrogen-bond acceptors (Lipinski definition) is 3. The second-order valence-electron chi connectivity index (χ2n) is 6.54. The van der Waals surface area contributed by atoms with E-state index in [0.717, 1.165) is 16.0 Å². The first-order chi connectivity index (χ1) is 13.1. The van der Waals surface area contributed by atoms with Gasteiger partial charge in [-0.25, -0.2) is 4.79 Å². The maximum atomic E-state index is 12.4. The summed E-state index contributed by atoms with van der Waals surface area (Å²) in [5, 5.41) is 5.43. The molecule has 1 atom stereocenters. The van der Waals surface area contributed by atoms with Gasteiger partial charge in [0.15, 0.2) is 0 Å². The van der Waals surface area contributed by atoms with Gasteiger partial charge in [-0.2, -0.15) is 0 Å². The molecule has 27 heavy (non-hydrogen) atoms. The summed E-state index contributed by atoms with van der Waals surface area (Å²) in [5.74, 6) is -0.674. The SMILES string of the molecule is O=C(CN1C(=O)NC(CCc2ccccc2)C1=O)NCCc1ccccc1. The number of hydrogen-bond donors (Lipinski definition) is 2. The number of nitrogens with zero attached hydrogens (tertiary/aromatic N) is 1. The highest BCUT2D eigenvalue weighted by Gasteiger charge is 2.38. The Morgan fingerprint density at radius 3 is 2.15 bits per heavy atom. The van der Waals surface area contributed by atoms with Gasteiger partial charge in [0, 0.05) is 6.54 Å². The number of amides is 4. The Morgan fingerprint density at radius 1 is 0.926 bits per heavy atom. The fraction of sp³-hybridized carbons (Fsp3) is 0.286. The van der Waals surface area contributed by atoms with Crippen LogP contribution in [-0.4, -0.2) is 41.9 Å². The Hall–Kier alpha value is -3.15. The standard InChI is InChI=1S/C21H23N3O3/c25-19(22-14-13-17-9-5-2-6-10-17)15-24-20(26)18(23-21(24)27)12-11-16-7-3-1-4-8-16/h1-10,18H,11-15H2,(H,22,25)(H,23,27). The van der Waals surface area contributed by atoms with E-state index in [1.54, 1.807) is 0 Å². The molecule has 1 heterocycles. The predicted octanol–water partition coefficient (Wildman–Crippen LogP) is 1.90. The summed E-state index contributed by atoms with van der Waals surface area (Å²) < 4.78 is 0. The van der Waals surface area contributed by atoms with Gasteiger partial charge in [0.1, 0.15) is 12.6 Å². The van der Waals surface area contributed by atoms with Crippen LogP contribution in [0.1, 0.15) is 17.5 Å². The predicted molar refractivity (Wildman–Crippen MR) is 102 cm³/mol. The van der Waals surface area contributed by atoms with Gasteiger partial charge in [-0.15, -0.1) is 0 Å². The number of aryl methyl sites for hydroxylation is 1. The van der Waals surface area contributed by atoms with E-state index in [1.807, 2.05) is 60.7 Å². The number of carbonyl (C=O) groups excluding carboxylic acids is 3. The molecule has 1 unspecified atom stereocenters. The van der Waals surface area contributed by atoms with Crippen LogP contribution in [0.15, 0.2) is 60.7 Å². The highest BCUT2D eigenvalue weighted by atomic mass is 16.2. The fourth-order valence-electron chi connectivity index (χ4n) is 3.07. The lowest BCUT2D eigenvalue weighted by molar-refractivity contribution is -0.132. The van der Waals surface area contributed by atoms with E-state index >= 15 is 0 Å². The first-order valence-electron chi connectivity index (χ1n) is 9.10. The smallest absolute Gasteiger partial charge is 0.325 e. The number of urea groups is 1. The zero-order valence-corrected chi connectivity index (χ0v) is 15.1. The third kappa shape index (κ3) is 5.17. The van der Waals surface area contributed by atoms with Crippen LogP contribution < -0.4 is 10.6 Å². The Morgan fingerprint density at radius 2 is 1.52 bits per heavy atom. The van der Waals surface area contributed by atoms with Crippen LogP contribution in [0.3, 0.4) is 0 Å². The van der Waals surface area contributed by atoms with Crippen LogP contribution in [0.4, 0.5) is 4.79 Å². The minimum Gasteiger partial charge on any atom is -0.354 e. The molecule has 1 aliphatic heterocycles. The van der Waals surface area contributed by atoms with E-state index < -0.39 is 12.1 Å². The first-order valence-corrected chi connectivity index (χ1v) is 9.10. The molecule has 2 N–H and O–H groups in total. The number of benzene rings is 2. The monoisotopic (exact) mass is 365 g/mol. The molecular formula is C21H23N3O3. The van der Waals surface area contributed by atoms with Gasteiger partial charge in [-0.3, -0.25) is 14.5 Å². The van der Waals surface area contributed by atoms with Crippen LogP contribution in [-0.2, 0) is 22.4 Å². The Balaban J connectivity index is 1.44. The summed E-state index contributed by atoms with van der Waals surface area (Å²) in [5.41, 5.74) is 2.23. The van der Waals surface area contributed by atoms with E-state index in [4.69, 9.17) is 0 Å². The average Bonchev–Trinajstić information content (AvgIpc) is 2.95. The zero-order valence-electron chi connectivity index (χ0n) is 15.1. The van der Waals surface area contributed by atoms with E-state index in [0.29, 0.717) is 25.8 Å². The van der Waals surface area contributed by atoms with E-state index in [1.165, 1.54) is 0 Å². The van der Waals surface area contributed by atoms with Gasteiger partial charge in [0.05, 0.1) is 0 Å². The quantitative estimate of drug-likeness (QED) is 0.702. The van der Waals surface area contributed by atoms with E-state index in [-0.39, 0.29) is 18.4 Å². The van der Waals surface area contributed by atoms with Crippen molar-refractivity contribution in [2.45, 2.75) is 25.3 Å². The molecular weight excluding hydrogens is 342 g/mol. The van der Waals surface area contributed by atoms with Crippen molar-refractivity contribution in [3.05, 3.63) is 71.8 Å². The molecule has 0 spiro atoms. The summed E-state index contributed by atoms with van der Waals surface area (Å²) in [4.78, 5) is 37.6. The van der Waals surface area contributed by atoms with Crippen molar-refractivity contribution < 1.29 is 14.4 Å². The third-order valence-corrected chi connectivity index (χ3v) is 4.55. The highest BCUT2D eigenvalue weighted by Crippen LogP contribution is 2.12. The number of carbonyl (C=O) groups is 3. The Labute approximate surface area is 158 Å². The summed E-state index contributed by atoms with van der Waals surface area (Å²) >= 11 is 0. The fourth-order valence-corrected chi connectivity index (χ4v) is 3.07. The van der Waals surface area contributed by atoms with Crippen molar-refractivity contribution in [2.24, 2.45) is 0 Å². The van der Waals surface area contributed by atoms with Crippen LogP contribution in [0.5, 0.6) is 0 Å². The van der Waals surface area contributed by atoms with Crippen LogP contribution in [0.25, 0.3) is 0 Å². The second kappa shape index (κ2) is 8.98. The molecule has 6 heteroatoms. The number of imide groups is 1. The van der Waals surface area contributed by atoms with Crippen molar-refractivity contribution >= 4 is 17.8 Å². The molecule has 1 aliphatic rings. The molecule has 0 radical (unpaired) electrons. The molecule has 1 fully saturated rings. The first kappa shape index (κ1) is 18.6. The van der Waals surface area contributed by atoms with Crippen molar-refractivity contribution in [2.75, 3.05) is 13.1 Å². The highest BCUT2D eigenvalue weighted by molar-refractivity contribution is 6.06. The third-order valence-electron chi connectivity index (χ3n) is 4.55. The molecule has 140 valence electrons. The molecule has 6 nitrogen and oxygen atoms in total. The van der Waals surface area contributed by atoms with Gasteiger partial charge in [-0.1, -0.05) is 60.7 Å². The Kier molecular flexibility index (Phi) is 6.20. The largest absolute Gasteiger partial charge is 0.354 e. The average molecular weight is 365 g/mol. The summed E-state index contributed by atoms with van der Waals surface area (Å²) in [6.07, 6.45) is 1.90. The maximum absolute atomic E-state index is 12.4. The van der Waals surface area contributed by atoms with Crippen molar-refractivity contribution in [3.63, 3.8) is 0 Å². The molecule has 1 saturated heterocycles. The minimum atomic E-state index is -0.574.